The molecule has 17 heavy (non-hydrogen) atoms. The van der Waals surface area contributed by atoms with Crippen molar-refractivity contribution in [2.75, 3.05) is 5.75 Å². The van der Waals surface area contributed by atoms with Crippen LogP contribution in [0.1, 0.15) is 6.42 Å². The Kier molecular flexibility index (Phi) is 4.14. The first-order valence-corrected chi connectivity index (χ1v) is 8.38. The normalized spacial score (nSPS) is 12.0. The highest BCUT2D eigenvalue weighted by Crippen LogP contribution is 2.18. The lowest BCUT2D eigenvalue weighted by molar-refractivity contribution is 0.595. The van der Waals surface area contributed by atoms with Gasteiger partial charge in [-0.25, -0.2) is 16.8 Å². The van der Waals surface area contributed by atoms with Gasteiger partial charge < -0.3 is 0 Å². The van der Waals surface area contributed by atoms with Gasteiger partial charge in [0.05, 0.1) is 21.6 Å². The maximum absolute atomic E-state index is 11.6. The van der Waals surface area contributed by atoms with Gasteiger partial charge in [0.25, 0.3) is 9.05 Å². The Hall–Kier alpha value is -1.10. The van der Waals surface area contributed by atoms with Crippen LogP contribution in [0.3, 0.4) is 0 Å². The summed E-state index contributed by atoms with van der Waals surface area (Å²) < 4.78 is 45.1. The van der Waals surface area contributed by atoms with Crippen molar-refractivity contribution in [2.45, 2.75) is 16.2 Å². The molecule has 0 radical (unpaired) electrons. The lowest BCUT2D eigenvalue weighted by Crippen LogP contribution is -2.06. The number of sulfone groups is 1. The Morgan fingerprint density at radius 3 is 1.94 bits per heavy atom. The van der Waals surface area contributed by atoms with E-state index < -0.39 is 18.9 Å². The Labute approximate surface area is 104 Å². The summed E-state index contributed by atoms with van der Waals surface area (Å²) in [5.41, 5.74) is 0. The van der Waals surface area contributed by atoms with E-state index >= 15 is 0 Å². The average Bonchev–Trinajstić information content (AvgIpc) is 2.25. The summed E-state index contributed by atoms with van der Waals surface area (Å²) in [5, 5.41) is 8.32. The maximum atomic E-state index is 11.6. The molecule has 0 saturated carbocycles. The quantitative estimate of drug-likeness (QED) is 0.780. The predicted octanol–water partition coefficient (Wildman–Crippen LogP) is 1.30. The summed E-state index contributed by atoms with van der Waals surface area (Å²) in [7, 11) is -2.31. The van der Waals surface area contributed by atoms with Gasteiger partial charge in [-0.05, 0) is 24.3 Å². The van der Waals surface area contributed by atoms with E-state index in [0.717, 1.165) is 24.3 Å². The molecule has 0 aliphatic rings. The van der Waals surface area contributed by atoms with Gasteiger partial charge in [-0.3, -0.25) is 0 Å². The minimum absolute atomic E-state index is 0.0307. The lowest BCUT2D eigenvalue weighted by Gasteiger charge is -2.02. The van der Waals surface area contributed by atoms with E-state index in [2.05, 4.69) is 0 Å². The van der Waals surface area contributed by atoms with E-state index in [1.54, 1.807) is 6.07 Å². The van der Waals surface area contributed by atoms with Crippen molar-refractivity contribution in [2.24, 2.45) is 0 Å². The van der Waals surface area contributed by atoms with Gasteiger partial charge in [0.2, 0.25) is 0 Å². The van der Waals surface area contributed by atoms with Gasteiger partial charge in [-0.2, -0.15) is 5.26 Å². The number of rotatable bonds is 4. The molecule has 92 valence electrons. The number of hydrogen-bond acceptors (Lipinski definition) is 5. The molecule has 0 N–H and O–H groups in total. The molecule has 0 saturated heterocycles. The van der Waals surface area contributed by atoms with E-state index in [0.29, 0.717) is 0 Å². The van der Waals surface area contributed by atoms with Crippen LogP contribution in [-0.4, -0.2) is 22.6 Å². The number of nitrogens with zero attached hydrogens (tertiary/aromatic N) is 1. The smallest absolute Gasteiger partial charge is 0.224 e. The summed E-state index contributed by atoms with van der Waals surface area (Å²) in [6.07, 6.45) is -0.113. The Morgan fingerprint density at radius 2 is 1.53 bits per heavy atom. The fourth-order valence-electron chi connectivity index (χ4n) is 1.11. The molecule has 0 aromatic heterocycles. The van der Waals surface area contributed by atoms with Crippen LogP contribution in [0.15, 0.2) is 34.1 Å². The molecule has 0 amide bonds. The highest BCUT2D eigenvalue weighted by molar-refractivity contribution is 8.13. The van der Waals surface area contributed by atoms with Crippen molar-refractivity contribution in [1.29, 1.82) is 5.26 Å². The monoisotopic (exact) mass is 293 g/mol. The molecular formula is C9H8ClNO4S2. The Balaban J connectivity index is 3.08. The SMILES string of the molecule is N#CCCS(=O)(=O)c1ccc(S(=O)(=O)Cl)cc1. The van der Waals surface area contributed by atoms with Crippen molar-refractivity contribution in [1.82, 2.24) is 0 Å². The van der Waals surface area contributed by atoms with Gasteiger partial charge >= 0.3 is 0 Å². The Morgan fingerprint density at radius 1 is 1.06 bits per heavy atom. The van der Waals surface area contributed by atoms with Crippen LogP contribution in [0.4, 0.5) is 0 Å². The van der Waals surface area contributed by atoms with Crippen LogP contribution in [-0.2, 0) is 18.9 Å². The summed E-state index contributed by atoms with van der Waals surface area (Å²) in [5.74, 6) is -0.295. The molecule has 0 aliphatic heterocycles. The van der Waals surface area contributed by atoms with E-state index in [1.807, 2.05) is 0 Å². The van der Waals surface area contributed by atoms with Gasteiger partial charge in [0.15, 0.2) is 9.84 Å². The van der Waals surface area contributed by atoms with E-state index in [1.165, 1.54) is 0 Å². The second-order valence-electron chi connectivity index (χ2n) is 3.14. The van der Waals surface area contributed by atoms with Crippen LogP contribution >= 0.6 is 10.7 Å². The van der Waals surface area contributed by atoms with Crippen molar-refractivity contribution in [3.8, 4) is 6.07 Å². The molecule has 0 unspecified atom stereocenters. The topological polar surface area (TPSA) is 92.1 Å². The molecule has 0 fully saturated rings. The van der Waals surface area contributed by atoms with Crippen molar-refractivity contribution < 1.29 is 16.8 Å². The third-order valence-corrected chi connectivity index (χ3v) is 5.05. The Bertz CT molecular complexity index is 641. The summed E-state index contributed by atoms with van der Waals surface area (Å²) >= 11 is 0. The van der Waals surface area contributed by atoms with E-state index in [4.69, 9.17) is 15.9 Å². The third-order valence-electron chi connectivity index (χ3n) is 1.95. The first kappa shape index (κ1) is 14.0. The van der Waals surface area contributed by atoms with E-state index in [-0.39, 0.29) is 22.0 Å². The van der Waals surface area contributed by atoms with Crippen molar-refractivity contribution in [3.05, 3.63) is 24.3 Å². The minimum atomic E-state index is -3.86. The highest BCUT2D eigenvalue weighted by atomic mass is 35.7. The largest absolute Gasteiger partial charge is 0.261 e. The molecule has 1 aromatic rings. The third kappa shape index (κ3) is 3.70. The molecule has 0 bridgehead atoms. The molecule has 0 aliphatic carbocycles. The molecule has 8 heteroatoms. The fourth-order valence-corrected chi connectivity index (χ4v) is 3.02. The first-order valence-electron chi connectivity index (χ1n) is 4.42. The molecular weight excluding hydrogens is 286 g/mol. The van der Waals surface area contributed by atoms with E-state index in [9.17, 15) is 16.8 Å². The summed E-state index contributed by atoms with van der Waals surface area (Å²) in [6, 6.07) is 6.27. The van der Waals surface area contributed by atoms with Crippen molar-refractivity contribution >= 4 is 29.6 Å². The molecule has 1 aromatic carbocycles. The highest BCUT2D eigenvalue weighted by Gasteiger charge is 2.16. The molecule has 0 atom stereocenters. The van der Waals surface area contributed by atoms with Crippen molar-refractivity contribution in [3.63, 3.8) is 0 Å². The molecule has 1 rings (SSSR count). The predicted molar refractivity (Wildman–Crippen MR) is 61.8 cm³/mol. The fraction of sp³-hybridized carbons (Fsp3) is 0.222. The van der Waals surface area contributed by atoms with Gasteiger partial charge in [0, 0.05) is 17.1 Å². The number of nitriles is 1. The number of hydrogen-bond donors (Lipinski definition) is 0. The average molecular weight is 294 g/mol. The second-order valence-corrected chi connectivity index (χ2v) is 7.81. The lowest BCUT2D eigenvalue weighted by atomic mass is 10.4. The second kappa shape index (κ2) is 5.04. The van der Waals surface area contributed by atoms with Crippen LogP contribution in [0.5, 0.6) is 0 Å². The molecule has 0 spiro atoms. The summed E-state index contributed by atoms with van der Waals surface area (Å²) in [4.78, 5) is -0.199. The number of halogens is 1. The maximum Gasteiger partial charge on any atom is 0.261 e. The molecule has 5 nitrogen and oxygen atoms in total. The zero-order valence-corrected chi connectivity index (χ0v) is 10.9. The van der Waals surface area contributed by atoms with Crippen LogP contribution < -0.4 is 0 Å². The standard InChI is InChI=1S/C9H8ClNO4S2/c10-17(14,15)9-4-2-8(3-5-9)16(12,13)7-1-6-11/h2-5H,1,7H2. The summed E-state index contributed by atoms with van der Waals surface area (Å²) in [6.45, 7) is 0. The zero-order chi connectivity index (χ0) is 13.1. The van der Waals surface area contributed by atoms with Crippen LogP contribution in [0.25, 0.3) is 0 Å². The zero-order valence-electron chi connectivity index (χ0n) is 8.50. The van der Waals surface area contributed by atoms with Crippen LogP contribution in [0, 0.1) is 11.3 Å². The van der Waals surface area contributed by atoms with Crippen LogP contribution in [0.2, 0.25) is 0 Å². The first-order chi connectivity index (χ1) is 7.77. The minimum Gasteiger partial charge on any atom is -0.224 e. The van der Waals surface area contributed by atoms with Gasteiger partial charge in [0.1, 0.15) is 0 Å². The number of benzene rings is 1. The van der Waals surface area contributed by atoms with Gasteiger partial charge in [-0.15, -0.1) is 0 Å². The molecule has 0 heterocycles. The van der Waals surface area contributed by atoms with Gasteiger partial charge in [-0.1, -0.05) is 0 Å².